The second-order valence-corrected chi connectivity index (χ2v) is 3.46. The summed E-state index contributed by atoms with van der Waals surface area (Å²) in [5.41, 5.74) is 5.35. The molecule has 0 saturated heterocycles. The number of ketones is 1. The zero-order valence-electron chi connectivity index (χ0n) is 9.10. The van der Waals surface area contributed by atoms with Crippen molar-refractivity contribution in [1.29, 1.82) is 0 Å². The molecule has 1 amide bonds. The predicted octanol–water partition coefficient (Wildman–Crippen LogP) is 1.09. The third-order valence-corrected chi connectivity index (χ3v) is 1.92. The summed E-state index contributed by atoms with van der Waals surface area (Å²) in [4.78, 5) is 31.9. The van der Waals surface area contributed by atoms with Gasteiger partial charge in [0, 0.05) is 11.8 Å². The van der Waals surface area contributed by atoms with E-state index in [0.717, 1.165) is 6.07 Å². The van der Waals surface area contributed by atoms with Crippen LogP contribution in [-0.4, -0.2) is 16.6 Å². The van der Waals surface area contributed by atoms with Gasteiger partial charge in [-0.2, -0.15) is 0 Å². The molecule has 0 fully saturated rings. The van der Waals surface area contributed by atoms with Gasteiger partial charge in [-0.15, -0.1) is 0 Å². The Bertz CT molecular complexity index is 484. The molecule has 0 aliphatic heterocycles. The second kappa shape index (κ2) is 5.06. The molecule has 0 spiro atoms. The molecule has 0 aliphatic rings. The van der Waals surface area contributed by atoms with E-state index in [2.05, 4.69) is 5.32 Å². The van der Waals surface area contributed by atoms with E-state index < -0.39 is 10.8 Å². The Balaban J connectivity index is 2.86. The van der Waals surface area contributed by atoms with E-state index in [1.54, 1.807) is 0 Å². The molecule has 7 heteroatoms. The highest BCUT2D eigenvalue weighted by Crippen LogP contribution is 2.24. The van der Waals surface area contributed by atoms with Crippen LogP contribution in [0.3, 0.4) is 0 Å². The van der Waals surface area contributed by atoms with Gasteiger partial charge in [0.1, 0.15) is 11.5 Å². The number of hydrogen-bond acceptors (Lipinski definition) is 5. The first-order valence-electron chi connectivity index (χ1n) is 4.73. The molecule has 1 aromatic carbocycles. The van der Waals surface area contributed by atoms with Crippen LogP contribution in [0.1, 0.15) is 13.3 Å². The standard InChI is InChI=1S/C10H11N3O4/c1-6(14)4-10(15)12-7-2-3-8(11)9(5-7)13(16)17/h2-3,5H,4,11H2,1H3,(H,12,15). The Morgan fingerprint density at radius 3 is 2.65 bits per heavy atom. The molecule has 0 atom stereocenters. The van der Waals surface area contributed by atoms with Crippen LogP contribution in [0.5, 0.6) is 0 Å². The lowest BCUT2D eigenvalue weighted by atomic mass is 10.2. The minimum Gasteiger partial charge on any atom is -0.393 e. The van der Waals surface area contributed by atoms with Gasteiger partial charge in [0.25, 0.3) is 5.69 Å². The van der Waals surface area contributed by atoms with Crippen LogP contribution in [0.25, 0.3) is 0 Å². The molecule has 0 saturated carbocycles. The maximum Gasteiger partial charge on any atom is 0.294 e. The van der Waals surface area contributed by atoms with Crippen LogP contribution in [-0.2, 0) is 9.59 Å². The molecule has 1 aromatic rings. The third kappa shape index (κ3) is 3.56. The molecule has 7 nitrogen and oxygen atoms in total. The summed E-state index contributed by atoms with van der Waals surface area (Å²) in [6, 6.07) is 3.90. The molecule has 0 radical (unpaired) electrons. The fourth-order valence-electron chi connectivity index (χ4n) is 1.21. The minimum atomic E-state index is -0.643. The highest BCUT2D eigenvalue weighted by Gasteiger charge is 2.13. The Morgan fingerprint density at radius 1 is 1.47 bits per heavy atom. The Hall–Kier alpha value is -2.44. The molecule has 1 rings (SSSR count). The van der Waals surface area contributed by atoms with Crippen molar-refractivity contribution in [3.63, 3.8) is 0 Å². The number of Topliss-reactive ketones (excluding diaryl/α,β-unsaturated/α-hetero) is 1. The Morgan fingerprint density at radius 2 is 2.12 bits per heavy atom. The molecule has 0 heterocycles. The number of rotatable bonds is 4. The van der Waals surface area contributed by atoms with Crippen molar-refractivity contribution in [2.45, 2.75) is 13.3 Å². The van der Waals surface area contributed by atoms with Gasteiger partial charge in [0.15, 0.2) is 0 Å². The summed E-state index contributed by atoms with van der Waals surface area (Å²) in [6.45, 7) is 1.28. The predicted molar refractivity (Wildman–Crippen MR) is 61.4 cm³/mol. The van der Waals surface area contributed by atoms with Gasteiger partial charge in [-0.25, -0.2) is 0 Å². The van der Waals surface area contributed by atoms with E-state index in [0.29, 0.717) is 0 Å². The third-order valence-electron chi connectivity index (χ3n) is 1.92. The number of nitrogens with one attached hydrogen (secondary N) is 1. The monoisotopic (exact) mass is 237 g/mol. The first-order chi connectivity index (χ1) is 7.90. The first kappa shape index (κ1) is 12.6. The maximum atomic E-state index is 11.3. The average Bonchev–Trinajstić information content (AvgIpc) is 2.19. The highest BCUT2D eigenvalue weighted by molar-refractivity contribution is 6.03. The zero-order chi connectivity index (χ0) is 13.0. The first-order valence-corrected chi connectivity index (χ1v) is 4.73. The lowest BCUT2D eigenvalue weighted by Gasteiger charge is -2.04. The SMILES string of the molecule is CC(=O)CC(=O)Nc1ccc(N)c([N+](=O)[O-])c1. The van der Waals surface area contributed by atoms with Gasteiger partial charge in [0.05, 0.1) is 11.3 Å². The van der Waals surface area contributed by atoms with Gasteiger partial charge in [0.2, 0.25) is 5.91 Å². The van der Waals surface area contributed by atoms with Crippen molar-refractivity contribution < 1.29 is 14.5 Å². The van der Waals surface area contributed by atoms with Crippen molar-refractivity contribution in [2.24, 2.45) is 0 Å². The second-order valence-electron chi connectivity index (χ2n) is 3.46. The van der Waals surface area contributed by atoms with Crippen LogP contribution in [0, 0.1) is 10.1 Å². The number of nitrogens with zero attached hydrogens (tertiary/aromatic N) is 1. The molecule has 0 aromatic heterocycles. The summed E-state index contributed by atoms with van der Waals surface area (Å²) in [7, 11) is 0. The normalized spacial score (nSPS) is 9.71. The van der Waals surface area contributed by atoms with Crippen molar-refractivity contribution in [3.8, 4) is 0 Å². The molecule has 0 bridgehead atoms. The van der Waals surface area contributed by atoms with Gasteiger partial charge in [-0.1, -0.05) is 0 Å². The highest BCUT2D eigenvalue weighted by atomic mass is 16.6. The molecular formula is C10H11N3O4. The summed E-state index contributed by atoms with van der Waals surface area (Å²) in [5.74, 6) is -0.802. The number of anilines is 2. The van der Waals surface area contributed by atoms with E-state index in [4.69, 9.17) is 5.73 Å². The number of benzene rings is 1. The van der Waals surface area contributed by atoms with Crippen LogP contribution >= 0.6 is 0 Å². The number of carbonyl (C=O) groups excluding carboxylic acids is 2. The van der Waals surface area contributed by atoms with Crippen LogP contribution in [0.2, 0.25) is 0 Å². The lowest BCUT2D eigenvalue weighted by Crippen LogP contribution is -2.14. The fourth-order valence-corrected chi connectivity index (χ4v) is 1.21. The summed E-state index contributed by atoms with van der Waals surface area (Å²) in [5, 5.41) is 13.0. The average molecular weight is 237 g/mol. The molecule has 3 N–H and O–H groups in total. The number of nitro benzene ring substituents is 1. The smallest absolute Gasteiger partial charge is 0.294 e. The Labute approximate surface area is 96.8 Å². The summed E-state index contributed by atoms with van der Waals surface area (Å²) in [6.07, 6.45) is -0.266. The molecule has 0 aliphatic carbocycles. The van der Waals surface area contributed by atoms with Crippen LogP contribution in [0.4, 0.5) is 17.1 Å². The quantitative estimate of drug-likeness (QED) is 0.352. The van der Waals surface area contributed by atoms with E-state index in [1.807, 2.05) is 0 Å². The number of amides is 1. The topological polar surface area (TPSA) is 115 Å². The minimum absolute atomic E-state index is 0.0135. The molecule has 90 valence electrons. The molecular weight excluding hydrogens is 226 g/mol. The number of nitro groups is 1. The van der Waals surface area contributed by atoms with Crippen molar-refractivity contribution in [2.75, 3.05) is 11.1 Å². The maximum absolute atomic E-state index is 11.3. The number of hydrogen-bond donors (Lipinski definition) is 2. The van der Waals surface area contributed by atoms with Gasteiger partial charge in [-0.3, -0.25) is 19.7 Å². The van der Waals surface area contributed by atoms with Crippen molar-refractivity contribution in [1.82, 2.24) is 0 Å². The van der Waals surface area contributed by atoms with Gasteiger partial charge < -0.3 is 11.1 Å². The van der Waals surface area contributed by atoms with Gasteiger partial charge >= 0.3 is 0 Å². The fraction of sp³-hybridized carbons (Fsp3) is 0.200. The van der Waals surface area contributed by atoms with Crippen LogP contribution in [0.15, 0.2) is 18.2 Å². The van der Waals surface area contributed by atoms with Crippen molar-refractivity contribution in [3.05, 3.63) is 28.3 Å². The summed E-state index contributed by atoms with van der Waals surface area (Å²) < 4.78 is 0. The molecule has 17 heavy (non-hydrogen) atoms. The van der Waals surface area contributed by atoms with E-state index in [9.17, 15) is 19.7 Å². The largest absolute Gasteiger partial charge is 0.393 e. The number of nitrogen functional groups attached to an aromatic ring is 1. The lowest BCUT2D eigenvalue weighted by molar-refractivity contribution is -0.383. The summed E-state index contributed by atoms with van der Waals surface area (Å²) >= 11 is 0. The number of carbonyl (C=O) groups is 2. The van der Waals surface area contributed by atoms with E-state index in [-0.39, 0.29) is 29.3 Å². The van der Waals surface area contributed by atoms with E-state index in [1.165, 1.54) is 19.1 Å². The Kier molecular flexibility index (Phi) is 3.76. The molecule has 0 unspecified atom stereocenters. The van der Waals surface area contributed by atoms with Crippen molar-refractivity contribution >= 4 is 28.8 Å². The van der Waals surface area contributed by atoms with E-state index >= 15 is 0 Å². The number of nitrogens with two attached hydrogens (primary N) is 1. The van der Waals surface area contributed by atoms with Crippen LogP contribution < -0.4 is 11.1 Å². The van der Waals surface area contributed by atoms with Gasteiger partial charge in [-0.05, 0) is 19.1 Å². The zero-order valence-corrected chi connectivity index (χ0v) is 9.10.